The molecule has 0 unspecified atom stereocenters. The monoisotopic (exact) mass is 407 g/mol. The number of Topliss-reactive ketones (excluding diaryl/α,β-unsaturated/α-hetero) is 1. The molecule has 152 valence electrons. The molecule has 3 aromatic rings. The molecule has 0 radical (unpaired) electrons. The summed E-state index contributed by atoms with van der Waals surface area (Å²) in [5, 5.41) is 3.40. The molecule has 0 amide bonds. The molecule has 3 aliphatic rings. The molecule has 0 saturated carbocycles. The van der Waals surface area contributed by atoms with Gasteiger partial charge < -0.3 is 10.1 Å². The highest BCUT2D eigenvalue weighted by Gasteiger charge is 2.26. The van der Waals surface area contributed by atoms with Crippen LogP contribution in [-0.4, -0.2) is 28.9 Å². The zero-order valence-corrected chi connectivity index (χ0v) is 17.2. The molecule has 0 saturated heterocycles. The number of hydrogen-bond donors (Lipinski definition) is 1. The van der Waals surface area contributed by atoms with E-state index in [4.69, 9.17) is 4.74 Å². The van der Waals surface area contributed by atoms with E-state index in [0.717, 1.165) is 68.9 Å². The molecular formula is C26H21N3O2. The Kier molecular flexibility index (Phi) is 4.03. The van der Waals surface area contributed by atoms with Crippen LogP contribution in [0.15, 0.2) is 54.4 Å². The number of carbonyl (C=O) groups is 1. The summed E-state index contributed by atoms with van der Waals surface area (Å²) in [7, 11) is 0. The number of anilines is 1. The summed E-state index contributed by atoms with van der Waals surface area (Å²) in [4.78, 5) is 21.8. The number of allylic oxidation sites excluding steroid dienone is 3. The first-order valence-corrected chi connectivity index (χ1v) is 10.6. The predicted octanol–water partition coefficient (Wildman–Crippen LogP) is 4.40. The number of aromatic nitrogens is 2. The van der Waals surface area contributed by atoms with E-state index < -0.39 is 0 Å². The molecule has 5 heteroatoms. The summed E-state index contributed by atoms with van der Waals surface area (Å²) in [6.45, 7) is 3.49. The average Bonchev–Trinajstić information content (AvgIpc) is 3.34. The first kappa shape index (κ1) is 18.1. The Labute approximate surface area is 180 Å². The van der Waals surface area contributed by atoms with Gasteiger partial charge in [-0.05, 0) is 64.6 Å². The summed E-state index contributed by atoms with van der Waals surface area (Å²) >= 11 is 0. The fraction of sp³-hybridized carbons (Fsp3) is 0.192. The maximum Gasteiger partial charge on any atom is 0.237 e. The quantitative estimate of drug-likeness (QED) is 0.638. The number of ketones is 1. The van der Waals surface area contributed by atoms with E-state index in [2.05, 4.69) is 52.5 Å². The summed E-state index contributed by atoms with van der Waals surface area (Å²) in [5.41, 5.74) is 10.4. The third-order valence-electron chi connectivity index (χ3n) is 6.28. The van der Waals surface area contributed by atoms with Crippen LogP contribution in [0.2, 0.25) is 0 Å². The zero-order valence-electron chi connectivity index (χ0n) is 17.2. The molecule has 6 rings (SSSR count). The number of nitrogens with zero attached hydrogens (tertiary/aromatic N) is 2. The lowest BCUT2D eigenvalue weighted by atomic mass is 9.96. The number of hydrogen-bond acceptors (Lipinski definition) is 5. The van der Waals surface area contributed by atoms with Gasteiger partial charge in [-0.1, -0.05) is 18.2 Å². The lowest BCUT2D eigenvalue weighted by Crippen LogP contribution is -2.20. The summed E-state index contributed by atoms with van der Waals surface area (Å²) < 4.78 is 5.66. The minimum absolute atomic E-state index is 0.173. The van der Waals surface area contributed by atoms with Crippen molar-refractivity contribution in [1.82, 2.24) is 9.97 Å². The predicted molar refractivity (Wildman–Crippen MR) is 121 cm³/mol. The van der Waals surface area contributed by atoms with Crippen LogP contribution in [0.3, 0.4) is 0 Å². The minimum Gasteiger partial charge on any atom is -0.474 e. The Hall–Kier alpha value is -3.73. The van der Waals surface area contributed by atoms with Crippen LogP contribution in [0.25, 0.3) is 22.8 Å². The van der Waals surface area contributed by atoms with Crippen LogP contribution < -0.4 is 10.1 Å². The molecule has 1 N–H and O–H groups in total. The Balaban J connectivity index is 1.40. The van der Waals surface area contributed by atoms with E-state index in [0.29, 0.717) is 18.9 Å². The normalized spacial score (nSPS) is 17.5. The Bertz CT molecular complexity index is 1320. The van der Waals surface area contributed by atoms with Crippen molar-refractivity contribution in [3.63, 3.8) is 0 Å². The van der Waals surface area contributed by atoms with Gasteiger partial charge in [-0.2, -0.15) is 0 Å². The van der Waals surface area contributed by atoms with Crippen LogP contribution in [0.1, 0.15) is 27.9 Å². The van der Waals surface area contributed by atoms with Crippen molar-refractivity contribution >= 4 is 23.1 Å². The number of carbonyl (C=O) groups excluding carboxylic acids is 1. The summed E-state index contributed by atoms with van der Waals surface area (Å²) in [6, 6.07) is 10.3. The van der Waals surface area contributed by atoms with E-state index in [1.54, 1.807) is 0 Å². The SMILES string of the molecule is Cc1c(-c2ccc3c(c2)/C(=C/C2=Cc4cccnc4C2)C(=O)C3)cnc2c1NCCO2. The van der Waals surface area contributed by atoms with E-state index in [9.17, 15) is 4.79 Å². The average molecular weight is 407 g/mol. The molecule has 2 aliphatic carbocycles. The number of fused-ring (bicyclic) bond motifs is 3. The minimum atomic E-state index is 0.173. The van der Waals surface area contributed by atoms with Crippen LogP contribution in [0, 0.1) is 6.92 Å². The Morgan fingerprint density at radius 3 is 2.97 bits per heavy atom. The lowest BCUT2D eigenvalue weighted by molar-refractivity contribution is -0.112. The third-order valence-corrected chi connectivity index (χ3v) is 6.28. The standard InChI is InChI=1S/C26H21N3O2/c1-15-22(14-29-26-25(15)28-7-8-31-26)17-4-5-18-13-24(30)21(20(18)12-17)10-16-9-19-3-2-6-27-23(19)11-16/h2-6,9-10,12,14,28H,7-8,11,13H2,1H3/b21-10-. The van der Waals surface area contributed by atoms with Crippen LogP contribution in [-0.2, 0) is 17.6 Å². The highest BCUT2D eigenvalue weighted by Crippen LogP contribution is 2.39. The fourth-order valence-corrected chi connectivity index (χ4v) is 4.69. The van der Waals surface area contributed by atoms with Crippen molar-refractivity contribution in [2.45, 2.75) is 19.8 Å². The molecule has 0 bridgehead atoms. The van der Waals surface area contributed by atoms with Gasteiger partial charge in [-0.15, -0.1) is 0 Å². The van der Waals surface area contributed by atoms with Gasteiger partial charge in [0.05, 0.1) is 5.69 Å². The maximum atomic E-state index is 12.8. The Morgan fingerprint density at radius 1 is 1.13 bits per heavy atom. The van der Waals surface area contributed by atoms with Gasteiger partial charge in [-0.25, -0.2) is 4.98 Å². The molecule has 1 aliphatic heterocycles. The van der Waals surface area contributed by atoms with Crippen molar-refractivity contribution in [2.24, 2.45) is 0 Å². The van der Waals surface area contributed by atoms with Gasteiger partial charge in [0.2, 0.25) is 5.88 Å². The second kappa shape index (κ2) is 6.91. The van der Waals surface area contributed by atoms with Crippen molar-refractivity contribution in [1.29, 1.82) is 0 Å². The van der Waals surface area contributed by atoms with Gasteiger partial charge >= 0.3 is 0 Å². The first-order chi connectivity index (χ1) is 15.2. The third kappa shape index (κ3) is 2.96. The van der Waals surface area contributed by atoms with Crippen molar-refractivity contribution in [3.05, 3.63) is 82.3 Å². The second-order valence-corrected chi connectivity index (χ2v) is 8.22. The number of ether oxygens (including phenoxy) is 1. The topological polar surface area (TPSA) is 64.1 Å². The molecule has 5 nitrogen and oxygen atoms in total. The number of benzene rings is 1. The largest absolute Gasteiger partial charge is 0.474 e. The van der Waals surface area contributed by atoms with Gasteiger partial charge in [-0.3, -0.25) is 9.78 Å². The van der Waals surface area contributed by atoms with Crippen molar-refractivity contribution in [2.75, 3.05) is 18.5 Å². The highest BCUT2D eigenvalue weighted by atomic mass is 16.5. The van der Waals surface area contributed by atoms with E-state index in [1.165, 1.54) is 0 Å². The molecule has 0 atom stereocenters. The number of pyridine rings is 2. The van der Waals surface area contributed by atoms with Crippen LogP contribution in [0.5, 0.6) is 5.88 Å². The fourth-order valence-electron chi connectivity index (χ4n) is 4.69. The number of rotatable bonds is 2. The van der Waals surface area contributed by atoms with Crippen LogP contribution in [0.4, 0.5) is 5.69 Å². The molecule has 0 fully saturated rings. The molecule has 1 aromatic carbocycles. The van der Waals surface area contributed by atoms with Gasteiger partial charge in [0, 0.05) is 42.9 Å². The molecule has 2 aromatic heterocycles. The lowest BCUT2D eigenvalue weighted by Gasteiger charge is -2.21. The number of nitrogens with one attached hydrogen (secondary N) is 1. The van der Waals surface area contributed by atoms with Gasteiger partial charge in [0.15, 0.2) is 5.78 Å². The van der Waals surface area contributed by atoms with E-state index >= 15 is 0 Å². The van der Waals surface area contributed by atoms with E-state index in [1.807, 2.05) is 24.5 Å². The smallest absolute Gasteiger partial charge is 0.237 e. The summed E-state index contributed by atoms with van der Waals surface area (Å²) in [6.07, 6.45) is 9.09. The van der Waals surface area contributed by atoms with Crippen molar-refractivity contribution in [3.8, 4) is 17.0 Å². The van der Waals surface area contributed by atoms with Gasteiger partial charge in [0.25, 0.3) is 0 Å². The first-order valence-electron chi connectivity index (χ1n) is 10.6. The highest BCUT2D eigenvalue weighted by molar-refractivity contribution is 6.26. The van der Waals surface area contributed by atoms with Gasteiger partial charge in [0.1, 0.15) is 12.3 Å². The molecule has 31 heavy (non-hydrogen) atoms. The van der Waals surface area contributed by atoms with Crippen molar-refractivity contribution < 1.29 is 9.53 Å². The Morgan fingerprint density at radius 2 is 2.06 bits per heavy atom. The second-order valence-electron chi connectivity index (χ2n) is 8.22. The summed E-state index contributed by atoms with van der Waals surface area (Å²) in [5.74, 6) is 0.832. The maximum absolute atomic E-state index is 12.8. The molecular weight excluding hydrogens is 386 g/mol. The molecule has 0 spiro atoms. The zero-order chi connectivity index (χ0) is 20.9. The molecule has 3 heterocycles. The van der Waals surface area contributed by atoms with E-state index in [-0.39, 0.29) is 5.78 Å². The van der Waals surface area contributed by atoms with Crippen LogP contribution >= 0.6 is 0 Å².